The summed E-state index contributed by atoms with van der Waals surface area (Å²) in [5.74, 6) is 0.0353. The third-order valence-corrected chi connectivity index (χ3v) is 5.61. The van der Waals surface area contributed by atoms with E-state index in [1.807, 2.05) is 6.92 Å². The van der Waals surface area contributed by atoms with Crippen LogP contribution in [0, 0.1) is 5.92 Å². The molecular formula is C13H16ClF3N2O2S. The van der Waals surface area contributed by atoms with Crippen LogP contribution in [-0.4, -0.2) is 27.5 Å². The summed E-state index contributed by atoms with van der Waals surface area (Å²) < 4.78 is 65.4. The van der Waals surface area contributed by atoms with Gasteiger partial charge in [0.2, 0.25) is 10.0 Å². The predicted octanol–water partition coefficient (Wildman–Crippen LogP) is 2.64. The average Bonchev–Trinajstić information content (AvgIpc) is 2.40. The fraction of sp³-hybridized carbons (Fsp3) is 0.538. The molecule has 22 heavy (non-hydrogen) atoms. The summed E-state index contributed by atoms with van der Waals surface area (Å²) in [6.45, 7) is 3.16. The standard InChI is InChI=1S/C13H16ClF3N2O2S/c1-8-7-18-5-4-11(8)19-22(20,21)12-6-9(13(15,16)17)2-3-10(12)14/h2-3,6,8,11,18-19H,4-5,7H2,1H3. The highest BCUT2D eigenvalue weighted by atomic mass is 35.5. The SMILES string of the molecule is CC1CNCCC1NS(=O)(=O)c1cc(C(F)(F)F)ccc1Cl. The van der Waals surface area contributed by atoms with E-state index in [1.165, 1.54) is 0 Å². The number of piperidine rings is 1. The summed E-state index contributed by atoms with van der Waals surface area (Å²) in [6, 6.07) is 1.94. The number of alkyl halides is 3. The van der Waals surface area contributed by atoms with Crippen LogP contribution in [0.15, 0.2) is 23.1 Å². The third kappa shape index (κ3) is 3.92. The summed E-state index contributed by atoms with van der Waals surface area (Å²) in [5, 5.41) is 2.89. The first-order chi connectivity index (χ1) is 10.1. The van der Waals surface area contributed by atoms with Crippen LogP contribution in [0.25, 0.3) is 0 Å². The monoisotopic (exact) mass is 356 g/mol. The maximum Gasteiger partial charge on any atom is 0.416 e. The van der Waals surface area contributed by atoms with Crippen molar-refractivity contribution in [3.63, 3.8) is 0 Å². The van der Waals surface area contributed by atoms with Gasteiger partial charge in [0.05, 0.1) is 10.6 Å². The Morgan fingerprint density at radius 1 is 1.36 bits per heavy atom. The molecule has 2 rings (SSSR count). The first-order valence-electron chi connectivity index (χ1n) is 6.71. The summed E-state index contributed by atoms with van der Waals surface area (Å²) in [4.78, 5) is -0.547. The van der Waals surface area contributed by atoms with Gasteiger partial charge in [0, 0.05) is 6.04 Å². The molecule has 1 aromatic carbocycles. The van der Waals surface area contributed by atoms with E-state index in [9.17, 15) is 21.6 Å². The van der Waals surface area contributed by atoms with Gasteiger partial charge < -0.3 is 5.32 Å². The molecule has 1 aliphatic rings. The number of rotatable bonds is 3. The normalized spacial score (nSPS) is 23.5. The maximum atomic E-state index is 12.7. The molecule has 9 heteroatoms. The molecule has 0 saturated carbocycles. The molecule has 1 fully saturated rings. The Morgan fingerprint density at radius 2 is 2.05 bits per heavy atom. The van der Waals surface area contributed by atoms with Crippen LogP contribution in [0.2, 0.25) is 5.02 Å². The number of nitrogens with one attached hydrogen (secondary N) is 2. The molecule has 124 valence electrons. The van der Waals surface area contributed by atoms with Crippen molar-refractivity contribution in [2.24, 2.45) is 5.92 Å². The lowest BCUT2D eigenvalue weighted by atomic mass is 9.97. The van der Waals surface area contributed by atoms with Crippen molar-refractivity contribution in [2.45, 2.75) is 30.5 Å². The molecule has 2 unspecified atom stereocenters. The van der Waals surface area contributed by atoms with E-state index in [-0.39, 0.29) is 17.0 Å². The minimum absolute atomic E-state index is 0.0353. The van der Waals surface area contributed by atoms with Crippen LogP contribution in [0.5, 0.6) is 0 Å². The smallest absolute Gasteiger partial charge is 0.316 e. The number of hydrogen-bond acceptors (Lipinski definition) is 3. The third-order valence-electron chi connectivity index (χ3n) is 3.64. The second kappa shape index (κ2) is 6.35. The van der Waals surface area contributed by atoms with E-state index in [0.717, 1.165) is 12.1 Å². The van der Waals surface area contributed by atoms with Gasteiger partial charge >= 0.3 is 6.18 Å². The lowest BCUT2D eigenvalue weighted by Gasteiger charge is -2.30. The van der Waals surface area contributed by atoms with Crippen molar-refractivity contribution in [2.75, 3.05) is 13.1 Å². The number of hydrogen-bond donors (Lipinski definition) is 2. The molecule has 0 bridgehead atoms. The second-order valence-electron chi connectivity index (χ2n) is 5.34. The second-order valence-corrected chi connectivity index (χ2v) is 7.43. The number of benzene rings is 1. The zero-order valence-electron chi connectivity index (χ0n) is 11.7. The molecule has 1 saturated heterocycles. The van der Waals surface area contributed by atoms with E-state index in [2.05, 4.69) is 10.0 Å². The Balaban J connectivity index is 2.32. The van der Waals surface area contributed by atoms with E-state index in [0.29, 0.717) is 25.6 Å². The van der Waals surface area contributed by atoms with E-state index in [1.54, 1.807) is 0 Å². The minimum atomic E-state index is -4.63. The van der Waals surface area contributed by atoms with Crippen molar-refractivity contribution in [3.05, 3.63) is 28.8 Å². The van der Waals surface area contributed by atoms with Crippen LogP contribution < -0.4 is 10.0 Å². The Kier molecular flexibility index (Phi) is 5.06. The van der Waals surface area contributed by atoms with Gasteiger partial charge in [-0.1, -0.05) is 18.5 Å². The molecule has 0 amide bonds. The van der Waals surface area contributed by atoms with Crippen molar-refractivity contribution in [3.8, 4) is 0 Å². The molecule has 0 radical (unpaired) electrons. The van der Waals surface area contributed by atoms with Gasteiger partial charge in [0.1, 0.15) is 4.90 Å². The van der Waals surface area contributed by atoms with Crippen LogP contribution in [0.4, 0.5) is 13.2 Å². The van der Waals surface area contributed by atoms with Gasteiger partial charge in [-0.25, -0.2) is 13.1 Å². The van der Waals surface area contributed by atoms with E-state index < -0.39 is 26.7 Å². The predicted molar refractivity (Wildman–Crippen MR) is 77.2 cm³/mol. The Hall–Kier alpha value is -0.830. The molecule has 1 aromatic rings. The van der Waals surface area contributed by atoms with Crippen LogP contribution in [-0.2, 0) is 16.2 Å². The quantitative estimate of drug-likeness (QED) is 0.875. The molecule has 1 heterocycles. The first-order valence-corrected chi connectivity index (χ1v) is 8.57. The molecule has 1 aliphatic heterocycles. The summed E-state index contributed by atoms with van der Waals surface area (Å²) >= 11 is 5.79. The van der Waals surface area contributed by atoms with Gasteiger partial charge in [-0.2, -0.15) is 13.2 Å². The minimum Gasteiger partial charge on any atom is -0.316 e. The van der Waals surface area contributed by atoms with Crippen molar-refractivity contribution in [1.29, 1.82) is 0 Å². The highest BCUT2D eigenvalue weighted by molar-refractivity contribution is 7.89. The largest absolute Gasteiger partial charge is 0.416 e. The van der Waals surface area contributed by atoms with Gasteiger partial charge in [-0.3, -0.25) is 0 Å². The van der Waals surface area contributed by atoms with Gasteiger partial charge in [0.25, 0.3) is 0 Å². The molecule has 2 N–H and O–H groups in total. The summed E-state index contributed by atoms with van der Waals surface area (Å²) in [7, 11) is -4.12. The van der Waals surface area contributed by atoms with E-state index in [4.69, 9.17) is 11.6 Å². The number of halogens is 4. The van der Waals surface area contributed by atoms with Crippen LogP contribution in [0.3, 0.4) is 0 Å². The lowest BCUT2D eigenvalue weighted by Crippen LogP contribution is -2.48. The molecule has 0 aromatic heterocycles. The summed E-state index contributed by atoms with van der Waals surface area (Å²) in [6.07, 6.45) is -4.06. The van der Waals surface area contributed by atoms with E-state index >= 15 is 0 Å². The molecular weight excluding hydrogens is 341 g/mol. The van der Waals surface area contributed by atoms with Gasteiger partial charge in [0.15, 0.2) is 0 Å². The Labute approximate surface area is 132 Å². The average molecular weight is 357 g/mol. The van der Waals surface area contributed by atoms with Crippen molar-refractivity contribution >= 4 is 21.6 Å². The maximum absolute atomic E-state index is 12.7. The first kappa shape index (κ1) is 17.5. The molecule has 2 atom stereocenters. The zero-order valence-corrected chi connectivity index (χ0v) is 13.3. The molecule has 4 nitrogen and oxygen atoms in total. The number of sulfonamides is 1. The molecule has 0 aliphatic carbocycles. The highest BCUT2D eigenvalue weighted by Gasteiger charge is 2.34. The van der Waals surface area contributed by atoms with Crippen LogP contribution in [0.1, 0.15) is 18.9 Å². The highest BCUT2D eigenvalue weighted by Crippen LogP contribution is 2.33. The van der Waals surface area contributed by atoms with Crippen molar-refractivity contribution < 1.29 is 21.6 Å². The molecule has 0 spiro atoms. The zero-order chi connectivity index (χ0) is 16.5. The van der Waals surface area contributed by atoms with Crippen molar-refractivity contribution in [1.82, 2.24) is 10.0 Å². The van der Waals surface area contributed by atoms with Crippen LogP contribution >= 0.6 is 11.6 Å². The Morgan fingerprint density at radius 3 is 2.64 bits per heavy atom. The summed E-state index contributed by atoms with van der Waals surface area (Å²) in [5.41, 5.74) is -1.05. The topological polar surface area (TPSA) is 58.2 Å². The fourth-order valence-electron chi connectivity index (χ4n) is 2.34. The fourth-order valence-corrected chi connectivity index (χ4v) is 4.24. The lowest BCUT2D eigenvalue weighted by molar-refractivity contribution is -0.137. The van der Waals surface area contributed by atoms with Gasteiger partial charge in [-0.15, -0.1) is 0 Å². The Bertz CT molecular complexity index is 649. The van der Waals surface area contributed by atoms with Gasteiger partial charge in [-0.05, 0) is 43.6 Å².